The van der Waals surface area contributed by atoms with Crippen molar-refractivity contribution in [3.8, 4) is 5.69 Å². The van der Waals surface area contributed by atoms with E-state index in [9.17, 15) is 0 Å². The fourth-order valence-corrected chi connectivity index (χ4v) is 9.24. The maximum atomic E-state index is 2.47. The number of rotatable bonds is 8. The normalized spacial score (nSPS) is 14.2. The lowest BCUT2D eigenvalue weighted by atomic mass is 10.0. The van der Waals surface area contributed by atoms with E-state index in [1.165, 1.54) is 72.1 Å². The van der Waals surface area contributed by atoms with E-state index in [1.54, 1.807) is 0 Å². The standard InChI is InChI=1S/C54H42N4/c1-5-17-39(18-6-1)55(45-33-35-53-49(37-45)47-25-13-15-27-51(47)57(53)41-21-9-3-10-22-41)43-29-31-44(32-30-43)56(40-19-7-2-8-20-40)46-34-36-54-50(38-46)48-26-14-16-28-52(48)58(54)42-23-11-4-12-24-42/h1-11,13-23,25-29,31,33-38H,12,24,30,32H2. The molecule has 0 radical (unpaired) electrons. The summed E-state index contributed by atoms with van der Waals surface area (Å²) in [6.07, 6.45) is 15.3. The Morgan fingerprint density at radius 2 is 0.828 bits per heavy atom. The molecule has 11 rings (SSSR count). The molecule has 7 aromatic carbocycles. The van der Waals surface area contributed by atoms with Crippen LogP contribution in [0.1, 0.15) is 25.7 Å². The number of benzene rings is 7. The van der Waals surface area contributed by atoms with E-state index in [-0.39, 0.29) is 0 Å². The average Bonchev–Trinajstić information content (AvgIpc) is 3.81. The van der Waals surface area contributed by atoms with Crippen molar-refractivity contribution < 1.29 is 0 Å². The van der Waals surface area contributed by atoms with Gasteiger partial charge < -0.3 is 18.9 Å². The van der Waals surface area contributed by atoms with Crippen LogP contribution in [0.4, 0.5) is 22.7 Å². The summed E-state index contributed by atoms with van der Waals surface area (Å²) in [4.78, 5) is 4.91. The van der Waals surface area contributed by atoms with Gasteiger partial charge in [-0.2, -0.15) is 0 Å². The number of anilines is 4. The number of aromatic nitrogens is 2. The number of fused-ring (bicyclic) bond motifs is 6. The predicted molar refractivity (Wildman–Crippen MR) is 245 cm³/mol. The van der Waals surface area contributed by atoms with Crippen molar-refractivity contribution >= 4 is 72.1 Å². The number of hydrogen-bond donors (Lipinski definition) is 0. The van der Waals surface area contributed by atoms with Crippen LogP contribution in [0.25, 0.3) is 55.0 Å². The zero-order valence-corrected chi connectivity index (χ0v) is 32.2. The van der Waals surface area contributed by atoms with Crippen molar-refractivity contribution in [1.29, 1.82) is 0 Å². The molecule has 0 saturated heterocycles. The molecule has 0 amide bonds. The van der Waals surface area contributed by atoms with Gasteiger partial charge in [0.15, 0.2) is 0 Å². The van der Waals surface area contributed by atoms with Gasteiger partial charge in [-0.3, -0.25) is 0 Å². The van der Waals surface area contributed by atoms with E-state index in [0.717, 1.165) is 42.7 Å². The molecule has 4 heteroatoms. The molecule has 0 fully saturated rings. The maximum absolute atomic E-state index is 2.47. The van der Waals surface area contributed by atoms with Crippen molar-refractivity contribution in [1.82, 2.24) is 9.13 Å². The molecule has 2 aliphatic carbocycles. The Morgan fingerprint density at radius 3 is 1.34 bits per heavy atom. The van der Waals surface area contributed by atoms with Crippen molar-refractivity contribution in [3.63, 3.8) is 0 Å². The van der Waals surface area contributed by atoms with Crippen LogP contribution in [0, 0.1) is 0 Å². The Labute approximate surface area is 338 Å². The molecule has 2 aliphatic rings. The summed E-state index contributed by atoms with van der Waals surface area (Å²) in [5, 5.41) is 5.05. The monoisotopic (exact) mass is 746 g/mol. The van der Waals surface area contributed by atoms with Crippen molar-refractivity contribution in [2.24, 2.45) is 0 Å². The summed E-state index contributed by atoms with van der Waals surface area (Å²) in [7, 11) is 0. The van der Waals surface area contributed by atoms with E-state index in [0.29, 0.717) is 0 Å². The summed E-state index contributed by atoms with van der Waals surface area (Å²) in [5.74, 6) is 0. The van der Waals surface area contributed by atoms with Gasteiger partial charge in [-0.1, -0.05) is 103 Å². The highest BCUT2D eigenvalue weighted by molar-refractivity contribution is 6.12. The second kappa shape index (κ2) is 14.3. The molecule has 0 N–H and O–H groups in total. The SMILES string of the molecule is C1=CCCC(n2c3ccccc3c3cc(N(C4=CC=C(N(c5ccccc5)c5ccc6c(c5)c5ccccc5n6-c5ccccc5)CC4)c4ccccc4)ccc32)=C1. The fourth-order valence-electron chi connectivity index (χ4n) is 9.24. The topological polar surface area (TPSA) is 16.3 Å². The number of para-hydroxylation sites is 5. The van der Waals surface area contributed by atoms with Crippen LogP contribution in [0.2, 0.25) is 0 Å². The number of nitrogens with zero attached hydrogens (tertiary/aromatic N) is 4. The van der Waals surface area contributed by atoms with Crippen LogP contribution in [0.15, 0.2) is 218 Å². The first-order chi connectivity index (χ1) is 28.8. The lowest BCUT2D eigenvalue weighted by Crippen LogP contribution is -2.22. The Hall–Kier alpha value is -7.30. The van der Waals surface area contributed by atoms with E-state index < -0.39 is 0 Å². The van der Waals surface area contributed by atoms with Gasteiger partial charge in [0.1, 0.15) is 0 Å². The maximum Gasteiger partial charge on any atom is 0.0542 e. The van der Waals surface area contributed by atoms with Gasteiger partial charge in [0.05, 0.1) is 22.1 Å². The molecular formula is C54H42N4. The number of hydrogen-bond acceptors (Lipinski definition) is 2. The summed E-state index contributed by atoms with van der Waals surface area (Å²) in [6, 6.07) is 64.0. The third kappa shape index (κ3) is 5.76. The van der Waals surface area contributed by atoms with Gasteiger partial charge in [0.25, 0.3) is 0 Å². The Kier molecular flexibility index (Phi) is 8.40. The van der Waals surface area contributed by atoms with E-state index in [1.807, 2.05) is 0 Å². The molecule has 4 nitrogen and oxygen atoms in total. The molecular weight excluding hydrogens is 705 g/mol. The first-order valence-electron chi connectivity index (χ1n) is 20.4. The Morgan fingerprint density at radius 1 is 0.362 bits per heavy atom. The van der Waals surface area contributed by atoms with Gasteiger partial charge in [-0.05, 0) is 129 Å². The van der Waals surface area contributed by atoms with E-state index in [4.69, 9.17) is 0 Å². The van der Waals surface area contributed by atoms with E-state index >= 15 is 0 Å². The predicted octanol–water partition coefficient (Wildman–Crippen LogP) is 14.6. The molecule has 0 bridgehead atoms. The molecule has 0 atom stereocenters. The minimum absolute atomic E-state index is 0.886. The first kappa shape index (κ1) is 34.0. The quantitative estimate of drug-likeness (QED) is 0.154. The van der Waals surface area contributed by atoms with Crippen LogP contribution in [-0.2, 0) is 0 Å². The highest BCUT2D eigenvalue weighted by Crippen LogP contribution is 2.43. The minimum atomic E-state index is 0.886. The third-order valence-electron chi connectivity index (χ3n) is 11.8. The molecule has 0 aliphatic heterocycles. The van der Waals surface area contributed by atoms with Crippen LogP contribution in [-0.4, -0.2) is 9.13 Å². The highest BCUT2D eigenvalue weighted by Gasteiger charge is 2.24. The zero-order valence-electron chi connectivity index (χ0n) is 32.2. The van der Waals surface area contributed by atoms with Crippen LogP contribution in [0.5, 0.6) is 0 Å². The smallest absolute Gasteiger partial charge is 0.0542 e. The van der Waals surface area contributed by atoms with Crippen LogP contribution in [0.3, 0.4) is 0 Å². The zero-order chi connectivity index (χ0) is 38.4. The summed E-state index contributed by atoms with van der Waals surface area (Å²) in [5.41, 5.74) is 14.6. The summed E-state index contributed by atoms with van der Waals surface area (Å²) < 4.78 is 4.85. The fraction of sp³-hybridized carbons (Fsp3) is 0.0741. The van der Waals surface area contributed by atoms with Crippen LogP contribution >= 0.6 is 0 Å². The second-order valence-corrected chi connectivity index (χ2v) is 15.2. The molecule has 2 aromatic heterocycles. The molecule has 2 heterocycles. The Bertz CT molecular complexity index is 3110. The van der Waals surface area contributed by atoms with Crippen molar-refractivity contribution in [2.45, 2.75) is 25.7 Å². The Balaban J connectivity index is 1.03. The third-order valence-corrected chi connectivity index (χ3v) is 11.8. The molecule has 9 aromatic rings. The molecule has 58 heavy (non-hydrogen) atoms. The van der Waals surface area contributed by atoms with Gasteiger partial charge in [-0.15, -0.1) is 0 Å². The molecule has 278 valence electrons. The second-order valence-electron chi connectivity index (χ2n) is 15.2. The summed E-state index contributed by atoms with van der Waals surface area (Å²) >= 11 is 0. The molecule has 0 unspecified atom stereocenters. The number of allylic oxidation sites excluding steroid dienone is 8. The van der Waals surface area contributed by atoms with E-state index in [2.05, 4.69) is 225 Å². The van der Waals surface area contributed by atoms with Crippen LogP contribution < -0.4 is 9.80 Å². The van der Waals surface area contributed by atoms with Gasteiger partial charge in [0, 0.05) is 67.1 Å². The largest absolute Gasteiger partial charge is 0.314 e. The van der Waals surface area contributed by atoms with Crippen molar-refractivity contribution in [2.75, 3.05) is 9.80 Å². The molecule has 0 saturated carbocycles. The first-order valence-corrected chi connectivity index (χ1v) is 20.4. The van der Waals surface area contributed by atoms with Gasteiger partial charge in [-0.25, -0.2) is 0 Å². The highest BCUT2D eigenvalue weighted by atomic mass is 15.2. The lowest BCUT2D eigenvalue weighted by Gasteiger charge is -2.33. The van der Waals surface area contributed by atoms with Gasteiger partial charge >= 0.3 is 0 Å². The average molecular weight is 747 g/mol. The molecule has 0 spiro atoms. The minimum Gasteiger partial charge on any atom is -0.314 e. The lowest BCUT2D eigenvalue weighted by molar-refractivity contribution is 0.851. The summed E-state index contributed by atoms with van der Waals surface area (Å²) in [6.45, 7) is 0. The van der Waals surface area contributed by atoms with Gasteiger partial charge in [0.2, 0.25) is 0 Å². The van der Waals surface area contributed by atoms with Crippen molar-refractivity contribution in [3.05, 3.63) is 218 Å².